The molecule has 27 heavy (non-hydrogen) atoms. The topological polar surface area (TPSA) is 93.8 Å². The van der Waals surface area contributed by atoms with E-state index in [9.17, 15) is 0 Å². The lowest BCUT2D eigenvalue weighted by molar-refractivity contribution is 0.318. The van der Waals surface area contributed by atoms with E-state index in [1.807, 2.05) is 39.0 Å². The Labute approximate surface area is 177 Å². The van der Waals surface area contributed by atoms with Crippen molar-refractivity contribution in [2.45, 2.75) is 39.3 Å². The molecule has 0 fully saturated rings. The minimum atomic E-state index is -0.168. The van der Waals surface area contributed by atoms with Crippen molar-refractivity contribution in [3.05, 3.63) is 35.5 Å². The van der Waals surface area contributed by atoms with Crippen LogP contribution in [-0.2, 0) is 18.5 Å². The molecule has 8 nitrogen and oxygen atoms in total. The first-order chi connectivity index (χ1) is 12.4. The van der Waals surface area contributed by atoms with Gasteiger partial charge in [0, 0.05) is 19.0 Å². The van der Waals surface area contributed by atoms with Gasteiger partial charge in [0.15, 0.2) is 23.3 Å². The summed E-state index contributed by atoms with van der Waals surface area (Å²) in [7, 11) is 4.94. The van der Waals surface area contributed by atoms with E-state index >= 15 is 0 Å². The van der Waals surface area contributed by atoms with Crippen LogP contribution in [0.4, 0.5) is 0 Å². The van der Waals surface area contributed by atoms with Crippen LogP contribution in [0.3, 0.4) is 0 Å². The molecule has 0 aliphatic carbocycles. The summed E-state index contributed by atoms with van der Waals surface area (Å²) in [6.07, 6.45) is 0. The zero-order valence-electron chi connectivity index (χ0n) is 16.6. The maximum absolute atomic E-state index is 5.32. The zero-order valence-corrected chi connectivity index (χ0v) is 19.0. The van der Waals surface area contributed by atoms with E-state index in [1.54, 1.807) is 21.3 Å². The van der Waals surface area contributed by atoms with Crippen LogP contribution in [0.5, 0.6) is 11.5 Å². The minimum absolute atomic E-state index is 0. The lowest BCUT2D eigenvalue weighted by Crippen LogP contribution is -2.36. The summed E-state index contributed by atoms with van der Waals surface area (Å²) in [6.45, 7) is 7.09. The number of ether oxygens (including phenoxy) is 2. The van der Waals surface area contributed by atoms with Crippen LogP contribution < -0.4 is 20.1 Å². The highest BCUT2D eigenvalue weighted by atomic mass is 127. The molecule has 0 spiro atoms. The van der Waals surface area contributed by atoms with Gasteiger partial charge in [-0.05, 0) is 17.7 Å². The molecule has 2 aromatic rings. The second-order valence-electron chi connectivity index (χ2n) is 6.73. The predicted octanol–water partition coefficient (Wildman–Crippen LogP) is 2.87. The van der Waals surface area contributed by atoms with Gasteiger partial charge in [-0.3, -0.25) is 4.99 Å². The summed E-state index contributed by atoms with van der Waals surface area (Å²) in [5, 5.41) is 10.4. The van der Waals surface area contributed by atoms with Crippen LogP contribution in [0.25, 0.3) is 0 Å². The maximum Gasteiger partial charge on any atom is 0.232 e. The smallest absolute Gasteiger partial charge is 0.232 e. The second-order valence-corrected chi connectivity index (χ2v) is 6.73. The van der Waals surface area contributed by atoms with Crippen molar-refractivity contribution in [3.8, 4) is 11.5 Å². The van der Waals surface area contributed by atoms with Crippen molar-refractivity contribution in [3.63, 3.8) is 0 Å². The Bertz CT molecular complexity index is 756. The molecule has 0 saturated heterocycles. The summed E-state index contributed by atoms with van der Waals surface area (Å²) in [5.74, 6) is 3.23. The van der Waals surface area contributed by atoms with Gasteiger partial charge in [-0.25, -0.2) is 0 Å². The third-order valence-electron chi connectivity index (χ3n) is 3.66. The molecule has 0 amide bonds. The summed E-state index contributed by atoms with van der Waals surface area (Å²) < 4.78 is 15.9. The Hall–Kier alpha value is -2.04. The SMILES string of the molecule is CN=C(NCc1ccc(OC)c(OC)c1)NCc1noc(C(C)(C)C)n1.I. The molecule has 9 heteroatoms. The van der Waals surface area contributed by atoms with Gasteiger partial charge >= 0.3 is 0 Å². The first-order valence-corrected chi connectivity index (χ1v) is 8.36. The van der Waals surface area contributed by atoms with Gasteiger partial charge in [0.05, 0.1) is 20.8 Å². The van der Waals surface area contributed by atoms with Crippen LogP contribution in [-0.4, -0.2) is 37.4 Å². The van der Waals surface area contributed by atoms with E-state index in [4.69, 9.17) is 14.0 Å². The Morgan fingerprint density at radius 1 is 1.11 bits per heavy atom. The van der Waals surface area contributed by atoms with Crippen molar-refractivity contribution in [2.75, 3.05) is 21.3 Å². The first-order valence-electron chi connectivity index (χ1n) is 8.36. The molecule has 1 aromatic carbocycles. The Morgan fingerprint density at radius 3 is 2.33 bits per heavy atom. The molecule has 0 aliphatic rings. The fraction of sp³-hybridized carbons (Fsp3) is 0.500. The number of halogens is 1. The van der Waals surface area contributed by atoms with Gasteiger partial charge in [0.25, 0.3) is 0 Å². The van der Waals surface area contributed by atoms with Gasteiger partial charge in [0.1, 0.15) is 0 Å². The molecule has 150 valence electrons. The van der Waals surface area contributed by atoms with E-state index in [2.05, 4.69) is 25.8 Å². The van der Waals surface area contributed by atoms with Crippen LogP contribution in [0.2, 0.25) is 0 Å². The molecular formula is C18H28IN5O3. The standard InChI is InChI=1S/C18H27N5O3.HI/c1-18(2,3)16-22-15(23-26-16)11-21-17(19-4)20-10-12-7-8-13(24-5)14(9-12)25-6;/h7-9H,10-11H2,1-6H3,(H2,19,20,21);1H. The van der Waals surface area contributed by atoms with Gasteiger partial charge in [-0.2, -0.15) is 4.98 Å². The number of nitrogens with one attached hydrogen (secondary N) is 2. The average Bonchev–Trinajstić information content (AvgIpc) is 3.11. The van der Waals surface area contributed by atoms with Crippen LogP contribution in [0, 0.1) is 0 Å². The highest BCUT2D eigenvalue weighted by Gasteiger charge is 2.21. The molecule has 2 N–H and O–H groups in total. The van der Waals surface area contributed by atoms with Crippen molar-refractivity contribution >= 4 is 29.9 Å². The summed E-state index contributed by atoms with van der Waals surface area (Å²) in [5.41, 5.74) is 0.874. The molecule has 0 saturated carbocycles. The monoisotopic (exact) mass is 489 g/mol. The average molecular weight is 489 g/mol. The van der Waals surface area contributed by atoms with Crippen molar-refractivity contribution in [1.29, 1.82) is 0 Å². The lowest BCUT2D eigenvalue weighted by atomic mass is 9.97. The number of aromatic nitrogens is 2. The Morgan fingerprint density at radius 2 is 1.78 bits per heavy atom. The number of benzene rings is 1. The molecule has 0 aliphatic heterocycles. The van der Waals surface area contributed by atoms with Crippen LogP contribution in [0.1, 0.15) is 38.0 Å². The lowest BCUT2D eigenvalue weighted by Gasteiger charge is -2.13. The third kappa shape index (κ3) is 6.56. The highest BCUT2D eigenvalue weighted by Crippen LogP contribution is 2.27. The van der Waals surface area contributed by atoms with Crippen LogP contribution in [0.15, 0.2) is 27.7 Å². The number of methoxy groups -OCH3 is 2. The van der Waals surface area contributed by atoms with E-state index < -0.39 is 0 Å². The Balaban J connectivity index is 0.00000364. The normalized spacial score (nSPS) is 11.6. The second kappa shape index (κ2) is 10.3. The number of guanidine groups is 1. The first kappa shape index (κ1) is 23.0. The van der Waals surface area contributed by atoms with E-state index in [0.717, 1.165) is 5.56 Å². The molecular weight excluding hydrogens is 461 g/mol. The molecule has 0 bridgehead atoms. The largest absolute Gasteiger partial charge is 0.493 e. The van der Waals surface area contributed by atoms with Gasteiger partial charge in [-0.15, -0.1) is 24.0 Å². The van der Waals surface area contributed by atoms with Gasteiger partial charge in [0.2, 0.25) is 5.89 Å². The molecule has 0 atom stereocenters. The number of rotatable bonds is 6. The minimum Gasteiger partial charge on any atom is -0.493 e. The summed E-state index contributed by atoms with van der Waals surface area (Å²) in [4.78, 5) is 8.60. The summed E-state index contributed by atoms with van der Waals surface area (Å²) >= 11 is 0. The quantitative estimate of drug-likeness (QED) is 0.366. The highest BCUT2D eigenvalue weighted by molar-refractivity contribution is 14.0. The van der Waals surface area contributed by atoms with E-state index in [-0.39, 0.29) is 29.4 Å². The number of aliphatic imine (C=N–C) groups is 1. The van der Waals surface area contributed by atoms with E-state index in [0.29, 0.717) is 42.3 Å². The van der Waals surface area contributed by atoms with Crippen molar-refractivity contribution < 1.29 is 14.0 Å². The fourth-order valence-corrected chi connectivity index (χ4v) is 2.19. The number of hydrogen-bond acceptors (Lipinski definition) is 6. The van der Waals surface area contributed by atoms with Crippen molar-refractivity contribution in [1.82, 2.24) is 20.8 Å². The summed E-state index contributed by atoms with van der Waals surface area (Å²) in [6, 6.07) is 5.77. The Kier molecular flexibility index (Phi) is 8.80. The maximum atomic E-state index is 5.32. The molecule has 2 rings (SSSR count). The predicted molar refractivity (Wildman–Crippen MR) is 115 cm³/mol. The number of nitrogens with zero attached hydrogens (tertiary/aromatic N) is 3. The molecule has 1 heterocycles. The third-order valence-corrected chi connectivity index (χ3v) is 3.66. The zero-order chi connectivity index (χ0) is 19.2. The van der Waals surface area contributed by atoms with E-state index in [1.165, 1.54) is 0 Å². The number of hydrogen-bond donors (Lipinski definition) is 2. The molecule has 1 aromatic heterocycles. The van der Waals surface area contributed by atoms with Crippen molar-refractivity contribution in [2.24, 2.45) is 4.99 Å². The van der Waals surface area contributed by atoms with Gasteiger partial charge in [-0.1, -0.05) is 32.0 Å². The van der Waals surface area contributed by atoms with Crippen LogP contribution >= 0.6 is 24.0 Å². The molecule has 0 unspecified atom stereocenters. The fourth-order valence-electron chi connectivity index (χ4n) is 2.19. The molecule has 0 radical (unpaired) electrons. The van der Waals surface area contributed by atoms with Gasteiger partial charge < -0.3 is 24.6 Å².